The van der Waals surface area contributed by atoms with Crippen LogP contribution in [0.5, 0.6) is 0 Å². The van der Waals surface area contributed by atoms with E-state index in [1.165, 1.54) is 4.70 Å². The monoisotopic (exact) mass is 323 g/mol. The maximum absolute atomic E-state index is 11.5. The highest BCUT2D eigenvalue weighted by Gasteiger charge is 2.29. The Balaban J connectivity index is 1.64. The van der Waals surface area contributed by atoms with E-state index in [0.717, 1.165) is 41.2 Å². The lowest BCUT2D eigenvalue weighted by molar-refractivity contribution is -0.119. The van der Waals surface area contributed by atoms with Gasteiger partial charge in [0, 0.05) is 17.8 Å². The molecule has 3 aromatic rings. The molecule has 1 aliphatic rings. The van der Waals surface area contributed by atoms with Gasteiger partial charge in [-0.3, -0.25) is 4.79 Å². The molecular weight excluding hydrogens is 306 g/mol. The zero-order valence-corrected chi connectivity index (χ0v) is 13.4. The summed E-state index contributed by atoms with van der Waals surface area (Å²) in [5.74, 6) is -0.238. The van der Waals surface area contributed by atoms with Crippen LogP contribution in [-0.4, -0.2) is 23.5 Å². The summed E-state index contributed by atoms with van der Waals surface area (Å²) in [6, 6.07) is 16.2. The third kappa shape index (κ3) is 2.57. The second-order valence-electron chi connectivity index (χ2n) is 5.79. The highest BCUT2D eigenvalue weighted by atomic mass is 32.1. The Kier molecular flexibility index (Phi) is 3.50. The van der Waals surface area contributed by atoms with Gasteiger partial charge >= 0.3 is 0 Å². The van der Waals surface area contributed by atoms with Crippen molar-refractivity contribution in [3.63, 3.8) is 0 Å². The number of primary amides is 1. The second-order valence-corrected chi connectivity index (χ2v) is 6.82. The Bertz CT molecular complexity index is 823. The number of carbonyl (C=O) groups is 1. The Hall–Kier alpha value is -2.40. The van der Waals surface area contributed by atoms with Gasteiger partial charge in [0.2, 0.25) is 5.91 Å². The molecule has 1 atom stereocenters. The number of aromatic nitrogens is 1. The molecular formula is C18H17N3OS. The first-order chi connectivity index (χ1) is 11.2. The standard InChI is InChI=1S/C18H17N3OS/c19-17(22)15-5-3-11-21(15)13-9-7-12(8-10-13)18-20-14-4-1-2-6-16(14)23-18/h1-2,4,6-10,15H,3,5,11H2,(H2,19,22)/t15-/m1/s1. The van der Waals surface area contributed by atoms with Crippen molar-refractivity contribution in [3.05, 3.63) is 48.5 Å². The number of nitrogens with zero attached hydrogens (tertiary/aromatic N) is 2. The summed E-state index contributed by atoms with van der Waals surface area (Å²) in [4.78, 5) is 18.3. The zero-order valence-electron chi connectivity index (χ0n) is 12.6. The van der Waals surface area contributed by atoms with E-state index >= 15 is 0 Å². The molecule has 4 nitrogen and oxygen atoms in total. The quantitative estimate of drug-likeness (QED) is 0.803. The van der Waals surface area contributed by atoms with E-state index in [1.807, 2.05) is 18.2 Å². The van der Waals surface area contributed by atoms with Gasteiger partial charge < -0.3 is 10.6 Å². The van der Waals surface area contributed by atoms with Crippen molar-refractivity contribution in [1.29, 1.82) is 0 Å². The summed E-state index contributed by atoms with van der Waals surface area (Å²) in [5.41, 5.74) is 8.69. The number of benzene rings is 2. The molecule has 23 heavy (non-hydrogen) atoms. The third-order valence-corrected chi connectivity index (χ3v) is 5.41. The zero-order chi connectivity index (χ0) is 15.8. The molecule has 2 aromatic carbocycles. The van der Waals surface area contributed by atoms with E-state index in [0.29, 0.717) is 0 Å². The molecule has 1 aromatic heterocycles. The molecule has 1 amide bonds. The van der Waals surface area contributed by atoms with Crippen molar-refractivity contribution in [2.45, 2.75) is 18.9 Å². The lowest BCUT2D eigenvalue weighted by atomic mass is 10.1. The summed E-state index contributed by atoms with van der Waals surface area (Å²) >= 11 is 1.70. The van der Waals surface area contributed by atoms with Crippen molar-refractivity contribution in [3.8, 4) is 10.6 Å². The Morgan fingerprint density at radius 3 is 2.70 bits per heavy atom. The molecule has 0 bridgehead atoms. The van der Waals surface area contributed by atoms with Crippen molar-refractivity contribution < 1.29 is 4.79 Å². The molecule has 0 radical (unpaired) electrons. The van der Waals surface area contributed by atoms with Crippen molar-refractivity contribution in [2.24, 2.45) is 5.73 Å². The number of hydrogen-bond donors (Lipinski definition) is 1. The fourth-order valence-electron chi connectivity index (χ4n) is 3.16. The number of para-hydroxylation sites is 1. The molecule has 116 valence electrons. The van der Waals surface area contributed by atoms with Crippen molar-refractivity contribution >= 4 is 33.1 Å². The number of anilines is 1. The van der Waals surface area contributed by atoms with E-state index in [-0.39, 0.29) is 11.9 Å². The summed E-state index contributed by atoms with van der Waals surface area (Å²) in [5, 5.41) is 1.02. The molecule has 2 N–H and O–H groups in total. The van der Waals surface area contributed by atoms with E-state index in [9.17, 15) is 4.79 Å². The first-order valence-corrected chi connectivity index (χ1v) is 8.56. The number of nitrogens with two attached hydrogens (primary N) is 1. The van der Waals surface area contributed by atoms with Crippen LogP contribution < -0.4 is 10.6 Å². The van der Waals surface area contributed by atoms with Crippen LogP contribution in [-0.2, 0) is 4.79 Å². The number of fused-ring (bicyclic) bond motifs is 1. The van der Waals surface area contributed by atoms with Gasteiger partial charge in [-0.25, -0.2) is 4.98 Å². The van der Waals surface area contributed by atoms with E-state index in [1.54, 1.807) is 11.3 Å². The van der Waals surface area contributed by atoms with Gasteiger partial charge in [-0.1, -0.05) is 12.1 Å². The lowest BCUT2D eigenvalue weighted by Crippen LogP contribution is -2.40. The molecule has 0 spiro atoms. The minimum absolute atomic E-state index is 0.177. The first-order valence-electron chi connectivity index (χ1n) is 7.74. The van der Waals surface area contributed by atoms with E-state index < -0.39 is 0 Å². The molecule has 1 fully saturated rings. The first kappa shape index (κ1) is 14.2. The number of thiazole rings is 1. The van der Waals surface area contributed by atoms with Crippen LogP contribution in [0.1, 0.15) is 12.8 Å². The predicted octanol–water partition coefficient (Wildman–Crippen LogP) is 3.42. The van der Waals surface area contributed by atoms with Crippen molar-refractivity contribution in [2.75, 3.05) is 11.4 Å². The van der Waals surface area contributed by atoms with Crippen LogP contribution in [0.15, 0.2) is 48.5 Å². The number of carbonyl (C=O) groups excluding carboxylic acids is 1. The average Bonchev–Trinajstić information content (AvgIpc) is 3.22. The summed E-state index contributed by atoms with van der Waals surface area (Å²) in [6.45, 7) is 0.883. The number of rotatable bonds is 3. The van der Waals surface area contributed by atoms with Gasteiger partial charge in [-0.2, -0.15) is 0 Å². The van der Waals surface area contributed by atoms with Gasteiger partial charge in [0.05, 0.1) is 10.2 Å². The summed E-state index contributed by atoms with van der Waals surface area (Å²) < 4.78 is 1.19. The van der Waals surface area contributed by atoms with Crippen LogP contribution in [0, 0.1) is 0 Å². The fraction of sp³-hybridized carbons (Fsp3) is 0.222. The van der Waals surface area contributed by atoms with Crippen LogP contribution in [0.25, 0.3) is 20.8 Å². The number of amides is 1. The maximum Gasteiger partial charge on any atom is 0.240 e. The third-order valence-electron chi connectivity index (χ3n) is 4.32. The average molecular weight is 323 g/mol. The molecule has 1 saturated heterocycles. The predicted molar refractivity (Wildman–Crippen MR) is 94.6 cm³/mol. The van der Waals surface area contributed by atoms with Gasteiger partial charge in [0.1, 0.15) is 11.0 Å². The van der Waals surface area contributed by atoms with Crippen LogP contribution >= 0.6 is 11.3 Å². The Morgan fingerprint density at radius 2 is 1.96 bits per heavy atom. The molecule has 5 heteroatoms. The Labute approximate surface area is 138 Å². The fourth-order valence-corrected chi connectivity index (χ4v) is 4.13. The van der Waals surface area contributed by atoms with E-state index in [2.05, 4.69) is 40.2 Å². The van der Waals surface area contributed by atoms with Gasteiger partial charge in [0.25, 0.3) is 0 Å². The van der Waals surface area contributed by atoms with E-state index in [4.69, 9.17) is 5.73 Å². The van der Waals surface area contributed by atoms with Gasteiger partial charge in [-0.05, 0) is 49.2 Å². The highest BCUT2D eigenvalue weighted by molar-refractivity contribution is 7.21. The van der Waals surface area contributed by atoms with Crippen LogP contribution in [0.2, 0.25) is 0 Å². The highest BCUT2D eigenvalue weighted by Crippen LogP contribution is 2.32. The molecule has 1 aliphatic heterocycles. The van der Waals surface area contributed by atoms with Gasteiger partial charge in [0.15, 0.2) is 0 Å². The summed E-state index contributed by atoms with van der Waals surface area (Å²) in [7, 11) is 0. The van der Waals surface area contributed by atoms with Crippen LogP contribution in [0.4, 0.5) is 5.69 Å². The molecule has 0 saturated carbocycles. The molecule has 4 rings (SSSR count). The molecule has 0 aliphatic carbocycles. The Morgan fingerprint density at radius 1 is 1.17 bits per heavy atom. The summed E-state index contributed by atoms with van der Waals surface area (Å²) in [6.07, 6.45) is 1.85. The second kappa shape index (κ2) is 5.66. The van der Waals surface area contributed by atoms with Crippen LogP contribution in [0.3, 0.4) is 0 Å². The molecule has 0 unspecified atom stereocenters. The van der Waals surface area contributed by atoms with Gasteiger partial charge in [-0.15, -0.1) is 11.3 Å². The maximum atomic E-state index is 11.5. The topological polar surface area (TPSA) is 59.2 Å². The minimum Gasteiger partial charge on any atom is -0.368 e. The smallest absolute Gasteiger partial charge is 0.240 e. The normalized spacial score (nSPS) is 17.7. The minimum atomic E-state index is -0.238. The lowest BCUT2D eigenvalue weighted by Gasteiger charge is -2.24. The largest absolute Gasteiger partial charge is 0.368 e. The SMILES string of the molecule is NC(=O)[C@H]1CCCN1c1ccc(-c2nc3ccccc3s2)cc1. The molecule has 2 heterocycles. The van der Waals surface area contributed by atoms with Crippen molar-refractivity contribution in [1.82, 2.24) is 4.98 Å². The number of hydrogen-bond acceptors (Lipinski definition) is 4.